The first-order valence-electron chi connectivity index (χ1n) is 12.1. The third-order valence-electron chi connectivity index (χ3n) is 8.24. The fourth-order valence-electron chi connectivity index (χ4n) is 6.26. The Balaban J connectivity index is 2.16. The van der Waals surface area contributed by atoms with Crippen molar-refractivity contribution < 1.29 is 33.3 Å². The molecular formula is C27H38O7. The first-order valence-corrected chi connectivity index (χ1v) is 12.1. The van der Waals surface area contributed by atoms with Gasteiger partial charge in [0.05, 0.1) is 11.5 Å². The van der Waals surface area contributed by atoms with E-state index in [9.17, 15) is 14.4 Å². The third-order valence-corrected chi connectivity index (χ3v) is 8.24. The zero-order chi connectivity index (χ0) is 25.3. The van der Waals surface area contributed by atoms with E-state index in [2.05, 4.69) is 27.0 Å². The number of hydrogen-bond donors (Lipinski definition) is 0. The van der Waals surface area contributed by atoms with E-state index in [0.717, 1.165) is 18.4 Å². The van der Waals surface area contributed by atoms with Gasteiger partial charge in [-0.15, -0.1) is 0 Å². The maximum atomic E-state index is 13.1. The van der Waals surface area contributed by atoms with Crippen LogP contribution in [0, 0.1) is 22.7 Å². The molecule has 0 N–H and O–H groups in total. The molecule has 188 valence electrons. The van der Waals surface area contributed by atoms with Crippen LogP contribution < -0.4 is 0 Å². The second-order valence-corrected chi connectivity index (χ2v) is 10.1. The minimum atomic E-state index is -1.10. The number of hydrogen-bond acceptors (Lipinski definition) is 7. The van der Waals surface area contributed by atoms with Gasteiger partial charge in [-0.1, -0.05) is 45.6 Å². The topological polar surface area (TPSA) is 88.1 Å². The first-order chi connectivity index (χ1) is 16.0. The SMILES string of the molecule is C=CC(=C)CCC1(C)C(C)CC(OC)C23C(=CC(=O)CC12)C(OC(=O)CCC)OC3OC(C)=O. The average Bonchev–Trinajstić information content (AvgIpc) is 3.06. The van der Waals surface area contributed by atoms with Crippen LogP contribution in [0.2, 0.25) is 0 Å². The number of allylic oxidation sites excluding steroid dienone is 3. The van der Waals surface area contributed by atoms with Crippen LogP contribution in [0.1, 0.15) is 66.2 Å². The lowest BCUT2D eigenvalue weighted by Gasteiger charge is -2.60. The molecule has 2 fully saturated rings. The van der Waals surface area contributed by atoms with E-state index in [-0.39, 0.29) is 42.0 Å². The lowest BCUT2D eigenvalue weighted by Crippen LogP contribution is -2.63. The van der Waals surface area contributed by atoms with Crippen molar-refractivity contribution in [2.75, 3.05) is 7.11 Å². The van der Waals surface area contributed by atoms with Crippen LogP contribution in [0.3, 0.4) is 0 Å². The molecule has 7 nitrogen and oxygen atoms in total. The standard InChI is InChI=1S/C27H38O7/c1-8-10-23(30)33-24-20-14-19(29)15-21-26(6,12-11-16(3)9-2)17(4)13-22(31-7)27(20,21)25(34-24)32-18(5)28/h9,14,17,21-22,24-25H,2-3,8,10-13,15H2,1,4-7H3. The number of esters is 2. The summed E-state index contributed by atoms with van der Waals surface area (Å²) in [6, 6.07) is 0. The van der Waals surface area contributed by atoms with Crippen LogP contribution >= 0.6 is 0 Å². The summed E-state index contributed by atoms with van der Waals surface area (Å²) >= 11 is 0. The molecule has 34 heavy (non-hydrogen) atoms. The van der Waals surface area contributed by atoms with Gasteiger partial charge in [0.15, 0.2) is 5.78 Å². The molecule has 2 aliphatic carbocycles. The molecule has 0 amide bonds. The predicted octanol–water partition coefficient (Wildman–Crippen LogP) is 4.66. The highest BCUT2D eigenvalue weighted by Crippen LogP contribution is 2.67. The van der Waals surface area contributed by atoms with Crippen molar-refractivity contribution in [2.45, 2.75) is 84.9 Å². The fourth-order valence-corrected chi connectivity index (χ4v) is 6.26. The van der Waals surface area contributed by atoms with E-state index in [1.807, 2.05) is 6.92 Å². The quantitative estimate of drug-likeness (QED) is 0.355. The minimum Gasteiger partial charge on any atom is -0.435 e. The van der Waals surface area contributed by atoms with Gasteiger partial charge in [0.1, 0.15) is 0 Å². The molecule has 3 aliphatic rings. The van der Waals surface area contributed by atoms with E-state index >= 15 is 0 Å². The van der Waals surface area contributed by atoms with Crippen LogP contribution in [-0.2, 0) is 33.3 Å². The molecule has 1 heterocycles. The Hall–Kier alpha value is -2.25. The molecule has 0 aromatic rings. The van der Waals surface area contributed by atoms with Crippen LogP contribution in [-0.4, -0.2) is 43.5 Å². The van der Waals surface area contributed by atoms with Gasteiger partial charge < -0.3 is 14.2 Å². The molecule has 0 aromatic heterocycles. The molecule has 7 heteroatoms. The normalized spacial score (nSPS) is 36.7. The van der Waals surface area contributed by atoms with Crippen LogP contribution in [0.25, 0.3) is 0 Å². The number of rotatable bonds is 9. The molecule has 3 rings (SSSR count). The van der Waals surface area contributed by atoms with Crippen molar-refractivity contribution >= 4 is 17.7 Å². The summed E-state index contributed by atoms with van der Waals surface area (Å²) in [6.45, 7) is 15.5. The summed E-state index contributed by atoms with van der Waals surface area (Å²) in [5.41, 5.74) is 0.208. The van der Waals surface area contributed by atoms with Crippen molar-refractivity contribution in [3.05, 3.63) is 36.5 Å². The number of carbonyl (C=O) groups is 3. The maximum Gasteiger partial charge on any atom is 0.308 e. The lowest BCUT2D eigenvalue weighted by molar-refractivity contribution is -0.255. The van der Waals surface area contributed by atoms with E-state index < -0.39 is 29.9 Å². The minimum absolute atomic E-state index is 0.0584. The Labute approximate surface area is 202 Å². The van der Waals surface area contributed by atoms with Crippen LogP contribution in [0.5, 0.6) is 0 Å². The highest BCUT2D eigenvalue weighted by Gasteiger charge is 2.71. The van der Waals surface area contributed by atoms with Gasteiger partial charge in [0, 0.05) is 32.4 Å². The third kappa shape index (κ3) is 4.40. The Morgan fingerprint density at radius 3 is 2.59 bits per heavy atom. The van der Waals surface area contributed by atoms with Gasteiger partial charge in [-0.25, -0.2) is 0 Å². The Bertz CT molecular complexity index is 889. The summed E-state index contributed by atoms with van der Waals surface area (Å²) < 4.78 is 23.6. The number of ether oxygens (including phenoxy) is 4. The fraction of sp³-hybridized carbons (Fsp3) is 0.667. The summed E-state index contributed by atoms with van der Waals surface area (Å²) in [4.78, 5) is 37.6. The number of ketones is 1. The van der Waals surface area contributed by atoms with Crippen LogP contribution in [0.4, 0.5) is 0 Å². The summed E-state index contributed by atoms with van der Waals surface area (Å²) in [5, 5.41) is 0. The van der Waals surface area contributed by atoms with Crippen molar-refractivity contribution in [1.82, 2.24) is 0 Å². The van der Waals surface area contributed by atoms with Gasteiger partial charge in [-0.3, -0.25) is 19.1 Å². The molecule has 1 saturated carbocycles. The van der Waals surface area contributed by atoms with E-state index in [1.54, 1.807) is 13.2 Å². The number of carbonyl (C=O) groups excluding carboxylic acids is 3. The van der Waals surface area contributed by atoms with Crippen molar-refractivity contribution in [3.8, 4) is 0 Å². The molecule has 0 radical (unpaired) electrons. The zero-order valence-electron chi connectivity index (χ0n) is 21.1. The van der Waals surface area contributed by atoms with E-state index in [4.69, 9.17) is 18.9 Å². The van der Waals surface area contributed by atoms with Gasteiger partial charge in [0.25, 0.3) is 0 Å². The zero-order valence-corrected chi connectivity index (χ0v) is 21.1. The Morgan fingerprint density at radius 1 is 1.29 bits per heavy atom. The molecule has 7 atom stereocenters. The lowest BCUT2D eigenvalue weighted by atomic mass is 9.45. The molecule has 1 aliphatic heterocycles. The molecular weight excluding hydrogens is 436 g/mol. The Morgan fingerprint density at radius 2 is 2.00 bits per heavy atom. The van der Waals surface area contributed by atoms with Gasteiger partial charge >= 0.3 is 11.9 Å². The highest BCUT2D eigenvalue weighted by atomic mass is 16.8. The molecule has 0 bridgehead atoms. The summed E-state index contributed by atoms with van der Waals surface area (Å²) in [7, 11) is 1.63. The average molecular weight is 475 g/mol. The molecule has 7 unspecified atom stereocenters. The Kier molecular flexibility index (Phi) is 7.88. The second kappa shape index (κ2) is 10.2. The number of methoxy groups -OCH3 is 1. The molecule has 1 saturated heterocycles. The monoisotopic (exact) mass is 474 g/mol. The largest absolute Gasteiger partial charge is 0.435 e. The molecule has 1 spiro atoms. The van der Waals surface area contributed by atoms with Gasteiger partial charge in [-0.05, 0) is 49.0 Å². The summed E-state index contributed by atoms with van der Waals surface area (Å²) in [6.07, 6.45) is 4.04. The van der Waals surface area contributed by atoms with E-state index in [1.165, 1.54) is 13.0 Å². The van der Waals surface area contributed by atoms with Gasteiger partial charge in [-0.2, -0.15) is 0 Å². The van der Waals surface area contributed by atoms with Gasteiger partial charge in [0.2, 0.25) is 12.6 Å². The maximum absolute atomic E-state index is 13.1. The van der Waals surface area contributed by atoms with E-state index in [0.29, 0.717) is 18.4 Å². The predicted molar refractivity (Wildman–Crippen MR) is 126 cm³/mol. The van der Waals surface area contributed by atoms with Crippen LogP contribution in [0.15, 0.2) is 36.5 Å². The smallest absolute Gasteiger partial charge is 0.308 e. The van der Waals surface area contributed by atoms with Crippen molar-refractivity contribution in [3.63, 3.8) is 0 Å². The highest BCUT2D eigenvalue weighted by molar-refractivity contribution is 5.92. The summed E-state index contributed by atoms with van der Waals surface area (Å²) in [5.74, 6) is -1.04. The van der Waals surface area contributed by atoms with Crippen molar-refractivity contribution in [1.29, 1.82) is 0 Å². The molecule has 0 aromatic carbocycles. The van der Waals surface area contributed by atoms with Crippen molar-refractivity contribution in [2.24, 2.45) is 22.7 Å². The first kappa shape index (κ1) is 26.4. The second-order valence-electron chi connectivity index (χ2n) is 10.1.